The second kappa shape index (κ2) is 5.41. The van der Waals surface area contributed by atoms with Crippen LogP contribution >= 0.6 is 0 Å². The quantitative estimate of drug-likeness (QED) is 0.875. The Hall–Kier alpha value is -0.870. The first-order valence-electron chi connectivity index (χ1n) is 7.20. The Morgan fingerprint density at radius 2 is 2.17 bits per heavy atom. The molecule has 0 amide bonds. The predicted molar refractivity (Wildman–Crippen MR) is 70.5 cm³/mol. The third kappa shape index (κ3) is 2.45. The van der Waals surface area contributed by atoms with Crippen LogP contribution in [0.4, 0.5) is 0 Å². The minimum absolute atomic E-state index is 0.183. The van der Waals surface area contributed by atoms with E-state index >= 15 is 0 Å². The molecule has 100 valence electrons. The van der Waals surface area contributed by atoms with Gasteiger partial charge in [-0.15, -0.1) is 0 Å². The maximum Gasteiger partial charge on any atom is 0.112 e. The molecule has 2 heterocycles. The second-order valence-corrected chi connectivity index (χ2v) is 5.61. The van der Waals surface area contributed by atoms with E-state index in [1.807, 2.05) is 6.20 Å². The fourth-order valence-electron chi connectivity index (χ4n) is 3.30. The lowest BCUT2D eigenvalue weighted by molar-refractivity contribution is -0.0519. The molecule has 0 spiro atoms. The molecule has 0 bridgehead atoms. The third-order valence-corrected chi connectivity index (χ3v) is 4.38. The molecule has 2 fully saturated rings. The van der Waals surface area contributed by atoms with Crippen LogP contribution in [0.5, 0.6) is 0 Å². The van der Waals surface area contributed by atoms with Gasteiger partial charge in [0.05, 0.1) is 18.5 Å². The highest BCUT2D eigenvalue weighted by Crippen LogP contribution is 2.28. The van der Waals surface area contributed by atoms with Gasteiger partial charge < -0.3 is 4.74 Å². The molecule has 4 nitrogen and oxygen atoms in total. The first-order chi connectivity index (χ1) is 8.84. The highest BCUT2D eigenvalue weighted by molar-refractivity contribution is 5.17. The summed E-state index contributed by atoms with van der Waals surface area (Å²) in [7, 11) is 0. The van der Waals surface area contributed by atoms with Crippen LogP contribution in [0.25, 0.3) is 0 Å². The minimum Gasteiger partial charge on any atom is -0.369 e. The van der Waals surface area contributed by atoms with Crippen LogP contribution in [-0.4, -0.2) is 40.8 Å². The summed E-state index contributed by atoms with van der Waals surface area (Å²) in [5, 5.41) is 7.21. The Morgan fingerprint density at radius 1 is 1.33 bits per heavy atom. The van der Waals surface area contributed by atoms with E-state index in [4.69, 9.17) is 4.74 Å². The third-order valence-electron chi connectivity index (χ3n) is 4.38. The van der Waals surface area contributed by atoms with Crippen molar-refractivity contribution in [2.24, 2.45) is 0 Å². The number of morpholine rings is 1. The van der Waals surface area contributed by atoms with E-state index in [0.29, 0.717) is 0 Å². The molecule has 1 aliphatic heterocycles. The van der Waals surface area contributed by atoms with Gasteiger partial charge in [-0.2, -0.15) is 5.10 Å². The van der Waals surface area contributed by atoms with Crippen molar-refractivity contribution in [1.29, 1.82) is 0 Å². The molecule has 0 unspecified atom stereocenters. The van der Waals surface area contributed by atoms with Crippen LogP contribution in [-0.2, 0) is 4.74 Å². The van der Waals surface area contributed by atoms with E-state index < -0.39 is 0 Å². The first-order valence-corrected chi connectivity index (χ1v) is 7.20. The Balaban J connectivity index is 1.66. The van der Waals surface area contributed by atoms with Gasteiger partial charge in [0.2, 0.25) is 0 Å². The second-order valence-electron chi connectivity index (χ2n) is 5.61. The van der Waals surface area contributed by atoms with Crippen molar-refractivity contribution in [2.45, 2.75) is 51.2 Å². The Bertz CT molecular complexity index is 384. The van der Waals surface area contributed by atoms with Crippen molar-refractivity contribution in [3.05, 3.63) is 17.5 Å². The SMILES string of the molecule is Cc1cn[nH]c1[C@@H]1CN(C2CCCCC2)CCO1. The normalized spacial score (nSPS) is 27.5. The van der Waals surface area contributed by atoms with Crippen molar-refractivity contribution < 1.29 is 4.74 Å². The largest absolute Gasteiger partial charge is 0.369 e. The van der Waals surface area contributed by atoms with E-state index in [2.05, 4.69) is 22.0 Å². The molecule has 1 saturated carbocycles. The van der Waals surface area contributed by atoms with E-state index in [0.717, 1.165) is 31.4 Å². The lowest BCUT2D eigenvalue weighted by Crippen LogP contribution is -2.45. The number of aromatic nitrogens is 2. The Kier molecular flexibility index (Phi) is 3.66. The number of hydrogen-bond donors (Lipinski definition) is 1. The number of aryl methyl sites for hydroxylation is 1. The number of H-pyrrole nitrogens is 1. The lowest BCUT2D eigenvalue weighted by Gasteiger charge is -2.39. The molecule has 3 rings (SSSR count). The maximum absolute atomic E-state index is 5.91. The van der Waals surface area contributed by atoms with Gasteiger partial charge in [-0.1, -0.05) is 19.3 Å². The molecule has 0 aromatic carbocycles. The van der Waals surface area contributed by atoms with Crippen molar-refractivity contribution in [2.75, 3.05) is 19.7 Å². The monoisotopic (exact) mass is 249 g/mol. The zero-order valence-corrected chi connectivity index (χ0v) is 11.2. The molecule has 1 atom stereocenters. The van der Waals surface area contributed by atoms with Crippen molar-refractivity contribution in [1.82, 2.24) is 15.1 Å². The Labute approximate surface area is 109 Å². The van der Waals surface area contributed by atoms with Gasteiger partial charge in [0, 0.05) is 19.1 Å². The maximum atomic E-state index is 5.91. The zero-order valence-electron chi connectivity index (χ0n) is 11.2. The van der Waals surface area contributed by atoms with Crippen LogP contribution in [0.15, 0.2) is 6.20 Å². The topological polar surface area (TPSA) is 41.2 Å². The fourth-order valence-corrected chi connectivity index (χ4v) is 3.30. The van der Waals surface area contributed by atoms with E-state index in [-0.39, 0.29) is 6.10 Å². The van der Waals surface area contributed by atoms with Crippen LogP contribution in [0.1, 0.15) is 49.5 Å². The highest BCUT2D eigenvalue weighted by atomic mass is 16.5. The van der Waals surface area contributed by atoms with Crippen LogP contribution in [0, 0.1) is 6.92 Å². The summed E-state index contributed by atoms with van der Waals surface area (Å²) in [5.41, 5.74) is 2.38. The number of nitrogens with zero attached hydrogens (tertiary/aromatic N) is 2. The van der Waals surface area contributed by atoms with E-state index in [9.17, 15) is 0 Å². The summed E-state index contributed by atoms with van der Waals surface area (Å²) >= 11 is 0. The highest BCUT2D eigenvalue weighted by Gasteiger charge is 2.29. The molecule has 1 aliphatic carbocycles. The fraction of sp³-hybridized carbons (Fsp3) is 0.786. The summed E-state index contributed by atoms with van der Waals surface area (Å²) in [6.45, 7) is 5.06. The average molecular weight is 249 g/mol. The lowest BCUT2D eigenvalue weighted by atomic mass is 9.93. The number of hydrogen-bond acceptors (Lipinski definition) is 3. The summed E-state index contributed by atoms with van der Waals surface area (Å²) in [4.78, 5) is 2.63. The number of nitrogens with one attached hydrogen (secondary N) is 1. The van der Waals surface area contributed by atoms with Crippen molar-refractivity contribution >= 4 is 0 Å². The van der Waals surface area contributed by atoms with Gasteiger partial charge >= 0.3 is 0 Å². The molecular formula is C14H23N3O. The zero-order chi connectivity index (χ0) is 12.4. The van der Waals surface area contributed by atoms with E-state index in [1.54, 1.807) is 0 Å². The molecule has 1 aromatic heterocycles. The standard InChI is InChI=1S/C14H23N3O/c1-11-9-15-16-14(11)13-10-17(7-8-18-13)12-5-3-2-4-6-12/h9,12-13H,2-8,10H2,1H3,(H,15,16)/t13-/m0/s1. The smallest absolute Gasteiger partial charge is 0.112 e. The summed E-state index contributed by atoms with van der Waals surface area (Å²) in [6, 6.07) is 0.786. The average Bonchev–Trinajstić information content (AvgIpc) is 2.86. The van der Waals surface area contributed by atoms with Crippen LogP contribution < -0.4 is 0 Å². The van der Waals surface area contributed by atoms with Crippen molar-refractivity contribution in [3.8, 4) is 0 Å². The number of rotatable bonds is 2. The van der Waals surface area contributed by atoms with Gasteiger partial charge in [-0.25, -0.2) is 0 Å². The van der Waals surface area contributed by atoms with Crippen molar-refractivity contribution in [3.63, 3.8) is 0 Å². The molecule has 1 aromatic rings. The molecule has 1 N–H and O–H groups in total. The molecule has 18 heavy (non-hydrogen) atoms. The number of ether oxygens (including phenoxy) is 1. The Morgan fingerprint density at radius 3 is 2.89 bits per heavy atom. The van der Waals surface area contributed by atoms with E-state index in [1.165, 1.54) is 37.7 Å². The number of aromatic amines is 1. The van der Waals surface area contributed by atoms with Gasteiger partial charge in [-0.05, 0) is 25.3 Å². The van der Waals surface area contributed by atoms with Gasteiger partial charge in [0.25, 0.3) is 0 Å². The van der Waals surface area contributed by atoms with Crippen LogP contribution in [0.3, 0.4) is 0 Å². The molecular weight excluding hydrogens is 226 g/mol. The summed E-state index contributed by atoms with van der Waals surface area (Å²) < 4.78 is 5.91. The molecule has 4 heteroatoms. The summed E-state index contributed by atoms with van der Waals surface area (Å²) in [5.74, 6) is 0. The first kappa shape index (κ1) is 12.2. The van der Waals surface area contributed by atoms with Gasteiger partial charge in [-0.3, -0.25) is 10.00 Å². The molecule has 2 aliphatic rings. The minimum atomic E-state index is 0.183. The van der Waals surface area contributed by atoms with Gasteiger partial charge in [0.15, 0.2) is 0 Å². The molecule has 1 saturated heterocycles. The van der Waals surface area contributed by atoms with Gasteiger partial charge in [0.1, 0.15) is 6.10 Å². The predicted octanol–water partition coefficient (Wildman–Crippen LogP) is 2.42. The summed E-state index contributed by atoms with van der Waals surface area (Å²) in [6.07, 6.45) is 9.03. The van der Waals surface area contributed by atoms with Crippen LogP contribution in [0.2, 0.25) is 0 Å². The molecule has 0 radical (unpaired) electrons.